The van der Waals surface area contributed by atoms with Crippen LogP contribution in [0.3, 0.4) is 0 Å². The third-order valence-electron chi connectivity index (χ3n) is 9.62. The van der Waals surface area contributed by atoms with Crippen LogP contribution in [-0.2, 0) is 34.6 Å². The molecule has 1 amide bonds. The first kappa shape index (κ1) is 45.5. The van der Waals surface area contributed by atoms with Crippen molar-refractivity contribution in [2.45, 2.75) is 120 Å². The largest absolute Gasteiger partial charge is 0.462 e. The summed E-state index contributed by atoms with van der Waals surface area (Å²) in [6, 6.07) is 19.9. The van der Waals surface area contributed by atoms with Gasteiger partial charge in [0.05, 0.1) is 23.7 Å². The SMILES string of the molecule is C/C1=C\C=C/C(=O)O[C@H](CO[Si](c2ccccc2)(c2ccccc2)C(C)(C)C)Cc2nc(cs2)[C@@H](C)C[C@@H](NC(=O)OC(C)(C)C(Cl)(Cl)Cl)CC(=O)O[C@@H](C)C1. The molecule has 4 rings (SSSR count). The maximum absolute atomic E-state index is 13.4. The van der Waals surface area contributed by atoms with Crippen LogP contribution < -0.4 is 15.7 Å². The van der Waals surface area contributed by atoms with Gasteiger partial charge in [-0.25, -0.2) is 14.6 Å². The highest BCUT2D eigenvalue weighted by Gasteiger charge is 2.50. The number of hydrogen-bond acceptors (Lipinski definition) is 9. The Labute approximate surface area is 351 Å². The number of hydrogen-bond donors (Lipinski definition) is 1. The lowest BCUT2D eigenvalue weighted by molar-refractivity contribution is -0.149. The number of nitrogens with one attached hydrogen (secondary N) is 1. The zero-order valence-electron chi connectivity index (χ0n) is 33.3. The minimum Gasteiger partial charge on any atom is -0.462 e. The molecule has 0 spiro atoms. The Morgan fingerprint density at radius 1 is 0.929 bits per heavy atom. The average Bonchev–Trinajstić information content (AvgIpc) is 3.56. The summed E-state index contributed by atoms with van der Waals surface area (Å²) >= 11 is 19.6. The summed E-state index contributed by atoms with van der Waals surface area (Å²) in [6.07, 6.45) is 3.78. The van der Waals surface area contributed by atoms with E-state index in [9.17, 15) is 14.4 Å². The van der Waals surface area contributed by atoms with E-state index in [1.54, 1.807) is 19.1 Å². The number of rotatable bonds is 7. The lowest BCUT2D eigenvalue weighted by atomic mass is 9.97. The average molecular weight is 864 g/mol. The minimum atomic E-state index is -2.95. The molecule has 3 aromatic rings. The molecular weight excluding hydrogens is 811 g/mol. The second-order valence-electron chi connectivity index (χ2n) is 15.9. The number of allylic oxidation sites excluding steroid dienone is 2. The van der Waals surface area contributed by atoms with Gasteiger partial charge >= 0.3 is 18.0 Å². The lowest BCUT2D eigenvalue weighted by Gasteiger charge is -2.43. The van der Waals surface area contributed by atoms with Crippen molar-refractivity contribution < 1.29 is 33.0 Å². The van der Waals surface area contributed by atoms with Crippen molar-refractivity contribution in [1.29, 1.82) is 0 Å². The number of amides is 1. The first-order chi connectivity index (χ1) is 26.2. The number of alkyl halides is 3. The molecule has 2 heterocycles. The topological polar surface area (TPSA) is 113 Å². The fourth-order valence-electron chi connectivity index (χ4n) is 6.71. The monoisotopic (exact) mass is 862 g/mol. The van der Waals surface area contributed by atoms with Gasteiger partial charge in [-0.05, 0) is 49.5 Å². The molecule has 1 aliphatic heterocycles. The zero-order chi connectivity index (χ0) is 41.3. The van der Waals surface area contributed by atoms with Crippen molar-refractivity contribution in [3.63, 3.8) is 0 Å². The second kappa shape index (κ2) is 19.5. The lowest BCUT2D eigenvalue weighted by Crippen LogP contribution is -2.67. The summed E-state index contributed by atoms with van der Waals surface area (Å²) in [4.78, 5) is 44.5. The molecule has 0 aliphatic carbocycles. The molecule has 1 N–H and O–H groups in total. The Hall–Kier alpha value is -3.19. The summed E-state index contributed by atoms with van der Waals surface area (Å²) in [7, 11) is -2.95. The predicted octanol–water partition coefficient (Wildman–Crippen LogP) is 9.14. The number of aromatic nitrogens is 1. The van der Waals surface area contributed by atoms with Crippen LogP contribution in [0.25, 0.3) is 0 Å². The van der Waals surface area contributed by atoms with Crippen molar-refractivity contribution in [2.75, 3.05) is 6.61 Å². The van der Waals surface area contributed by atoms with Crippen molar-refractivity contribution >= 4 is 82.9 Å². The standard InChI is InChI=1S/C42H53Cl3N2O7SSi/c1-28-16-15-21-37(48)53-32(26-51-56(40(4,5)6,33-17-11-9-12-18-33)34-19-13-10-14-20-34)25-36-47-35(27-55-36)29(2)23-31(24-38(49)52-30(3)22-28)46-39(50)54-41(7,8)42(43,44)45/h9-21,27,29-32H,22-26H2,1-8H3,(H,46,50)/b21-15-,28-16+/t29-,30-,31+,32-/m0/s1. The van der Waals surface area contributed by atoms with Crippen LogP contribution >= 0.6 is 46.1 Å². The molecule has 0 radical (unpaired) electrons. The second-order valence-corrected chi connectivity index (χ2v) is 23.4. The quantitative estimate of drug-likeness (QED) is 0.108. The van der Waals surface area contributed by atoms with Crippen molar-refractivity contribution in [1.82, 2.24) is 10.3 Å². The highest BCUT2D eigenvalue weighted by Crippen LogP contribution is 2.40. The molecule has 2 aromatic carbocycles. The molecule has 2 bridgehead atoms. The maximum atomic E-state index is 13.4. The summed E-state index contributed by atoms with van der Waals surface area (Å²) in [5.74, 6) is -1.21. The molecule has 9 nitrogen and oxygen atoms in total. The first-order valence-electron chi connectivity index (χ1n) is 18.7. The van der Waals surface area contributed by atoms with E-state index in [1.165, 1.54) is 31.3 Å². The van der Waals surface area contributed by atoms with Crippen molar-refractivity contribution in [3.05, 3.63) is 101 Å². The molecular formula is C42H53Cl3N2O7SSi. The van der Waals surface area contributed by atoms with Crippen LogP contribution in [0.1, 0.15) is 91.3 Å². The molecule has 14 heteroatoms. The van der Waals surface area contributed by atoms with Gasteiger partial charge in [-0.3, -0.25) is 4.79 Å². The van der Waals surface area contributed by atoms with E-state index in [1.807, 2.05) is 55.6 Å². The van der Waals surface area contributed by atoms with E-state index >= 15 is 0 Å². The zero-order valence-corrected chi connectivity index (χ0v) is 37.4. The first-order valence-corrected chi connectivity index (χ1v) is 22.6. The number of cyclic esters (lactones) is 2. The molecule has 0 saturated carbocycles. The summed E-state index contributed by atoms with van der Waals surface area (Å²) in [6.45, 7) is 15.3. The number of esters is 2. The van der Waals surface area contributed by atoms with Crippen molar-refractivity contribution in [2.24, 2.45) is 0 Å². The highest BCUT2D eigenvalue weighted by atomic mass is 35.6. The van der Waals surface area contributed by atoms with E-state index in [0.29, 0.717) is 19.3 Å². The van der Waals surface area contributed by atoms with Gasteiger partial charge in [0.2, 0.25) is 3.79 Å². The van der Waals surface area contributed by atoms with Crippen LogP contribution in [0.15, 0.2) is 89.8 Å². The number of benzene rings is 2. The molecule has 304 valence electrons. The van der Waals surface area contributed by atoms with Gasteiger partial charge in [-0.2, -0.15) is 0 Å². The van der Waals surface area contributed by atoms with E-state index < -0.39 is 54.0 Å². The predicted molar refractivity (Wildman–Crippen MR) is 228 cm³/mol. The Morgan fingerprint density at radius 2 is 1.54 bits per heavy atom. The van der Waals surface area contributed by atoms with Gasteiger partial charge in [0.15, 0.2) is 5.60 Å². The number of carbonyl (C=O) groups excluding carboxylic acids is 3. The number of ether oxygens (including phenoxy) is 3. The highest BCUT2D eigenvalue weighted by molar-refractivity contribution is 7.09. The Morgan fingerprint density at radius 3 is 2.11 bits per heavy atom. The van der Waals surface area contributed by atoms with Crippen LogP contribution in [-0.4, -0.2) is 65.6 Å². The van der Waals surface area contributed by atoms with Gasteiger partial charge in [-0.1, -0.05) is 141 Å². The Balaban J connectivity index is 1.67. The van der Waals surface area contributed by atoms with Gasteiger partial charge < -0.3 is 24.0 Å². The van der Waals surface area contributed by atoms with Crippen LogP contribution in [0.4, 0.5) is 4.79 Å². The van der Waals surface area contributed by atoms with Gasteiger partial charge in [0.1, 0.15) is 12.2 Å². The minimum absolute atomic E-state index is 0.123. The third-order valence-corrected chi connectivity index (χ3v) is 16.9. The molecule has 56 heavy (non-hydrogen) atoms. The van der Waals surface area contributed by atoms with Crippen LogP contribution in [0.5, 0.6) is 0 Å². The molecule has 4 atom stereocenters. The Bertz CT molecular complexity index is 1800. The number of carbonyl (C=O) groups is 3. The molecule has 1 aliphatic rings. The number of thiazole rings is 1. The molecule has 0 fully saturated rings. The number of nitrogens with zero attached hydrogens (tertiary/aromatic N) is 1. The summed E-state index contributed by atoms with van der Waals surface area (Å²) in [5.41, 5.74) is 0.179. The fraction of sp³-hybridized carbons (Fsp3) is 0.476. The van der Waals surface area contributed by atoms with Crippen LogP contribution in [0, 0.1) is 0 Å². The van der Waals surface area contributed by atoms with Crippen molar-refractivity contribution in [3.8, 4) is 0 Å². The molecule has 0 saturated heterocycles. The third kappa shape index (κ3) is 12.4. The van der Waals surface area contributed by atoms with E-state index in [0.717, 1.165) is 26.6 Å². The van der Waals surface area contributed by atoms with E-state index in [-0.39, 0.29) is 24.0 Å². The van der Waals surface area contributed by atoms with E-state index in [4.69, 9.17) is 58.4 Å². The number of halogens is 3. The maximum Gasteiger partial charge on any atom is 0.408 e. The van der Waals surface area contributed by atoms with Gasteiger partial charge in [0.25, 0.3) is 8.32 Å². The number of fused-ring (bicyclic) bond motifs is 2. The Kier molecular flexibility index (Phi) is 15.8. The summed E-state index contributed by atoms with van der Waals surface area (Å²) < 4.78 is 22.6. The van der Waals surface area contributed by atoms with Gasteiger partial charge in [0, 0.05) is 36.3 Å². The van der Waals surface area contributed by atoms with E-state index in [2.05, 4.69) is 50.4 Å². The number of alkyl carbamates (subject to hydrolysis) is 1. The molecule has 1 aromatic heterocycles. The molecule has 0 unspecified atom stereocenters. The smallest absolute Gasteiger partial charge is 0.408 e. The summed E-state index contributed by atoms with van der Waals surface area (Å²) in [5, 5.41) is 7.43. The normalized spacial score (nSPS) is 22.6. The van der Waals surface area contributed by atoms with Crippen LogP contribution in [0.2, 0.25) is 5.04 Å². The fourth-order valence-corrected chi connectivity index (χ4v) is 12.4. The van der Waals surface area contributed by atoms with Gasteiger partial charge in [-0.15, -0.1) is 11.3 Å².